The van der Waals surface area contributed by atoms with Gasteiger partial charge in [-0.3, -0.25) is 0 Å². The first-order valence-electron chi connectivity index (χ1n) is 12.3. The number of rotatable bonds is 12. The fourth-order valence-corrected chi connectivity index (χ4v) is 8.05. The van der Waals surface area contributed by atoms with E-state index in [9.17, 15) is 0 Å². The van der Waals surface area contributed by atoms with Gasteiger partial charge >= 0.3 is 0 Å². The molecule has 5 heteroatoms. The molecule has 0 aromatic rings. The quantitative estimate of drug-likeness (QED) is 0.160. The summed E-state index contributed by atoms with van der Waals surface area (Å²) in [5.41, 5.74) is 0. The van der Waals surface area contributed by atoms with E-state index in [4.69, 9.17) is 0 Å². The van der Waals surface area contributed by atoms with E-state index in [1.807, 2.05) is 0 Å². The second-order valence-corrected chi connectivity index (χ2v) is 19.4. The third-order valence-electron chi connectivity index (χ3n) is 5.37. The molecule has 0 nitrogen and oxygen atoms in total. The van der Waals surface area contributed by atoms with Crippen molar-refractivity contribution < 1.29 is 20.4 Å². The van der Waals surface area contributed by atoms with Gasteiger partial charge in [-0.15, -0.1) is 31.7 Å². The van der Waals surface area contributed by atoms with E-state index in [1.165, 1.54) is 73.9 Å². The Labute approximate surface area is 208 Å². The summed E-state index contributed by atoms with van der Waals surface area (Å²) in [6.45, 7) is 27.5. The van der Waals surface area contributed by atoms with Crippen LogP contribution in [0.5, 0.6) is 0 Å². The van der Waals surface area contributed by atoms with Crippen LogP contribution < -0.4 is 0 Å². The predicted molar refractivity (Wildman–Crippen MR) is 154 cm³/mol. The van der Waals surface area contributed by atoms with Gasteiger partial charge < -0.3 is 0 Å². The molecule has 29 heavy (non-hydrogen) atoms. The summed E-state index contributed by atoms with van der Waals surface area (Å²) in [5, 5.41) is 0. The molecular weight excluding hydrogens is 519 g/mol. The molecule has 0 heterocycles. The molecule has 0 atom stereocenters. The van der Waals surface area contributed by atoms with Gasteiger partial charge in [-0.05, 0) is 73.9 Å². The first-order chi connectivity index (χ1) is 13.4. The monoisotopic (exact) mass is 578 g/mol. The molecule has 186 valence electrons. The van der Waals surface area contributed by atoms with Crippen molar-refractivity contribution in [1.82, 2.24) is 0 Å². The summed E-state index contributed by atoms with van der Waals surface area (Å²) in [7, 11) is 1.78. The van der Waals surface area contributed by atoms with Crippen LogP contribution in [0.1, 0.15) is 83.1 Å². The van der Waals surface area contributed by atoms with Gasteiger partial charge in [0.2, 0.25) is 0 Å². The zero-order valence-electron chi connectivity index (χ0n) is 22.6. The van der Waals surface area contributed by atoms with Crippen molar-refractivity contribution in [2.45, 2.75) is 83.1 Å². The van der Waals surface area contributed by atoms with E-state index in [2.05, 4.69) is 83.1 Å². The molecule has 0 aromatic carbocycles. The van der Waals surface area contributed by atoms with Crippen molar-refractivity contribution in [2.24, 2.45) is 0 Å². The van der Waals surface area contributed by atoms with Crippen LogP contribution in [0.4, 0.5) is 0 Å². The normalized spacial score (nSPS) is 9.93. The smallest absolute Gasteiger partial charge is 0 e. The van der Waals surface area contributed by atoms with Crippen molar-refractivity contribution >= 4 is 31.7 Å². The Morgan fingerprint density at radius 3 is 0.310 bits per heavy atom. The molecular formula is C24H60P4Pd. The largest absolute Gasteiger partial charge is 0.108 e. The minimum Gasteiger partial charge on any atom is -0.108 e. The fourth-order valence-electron chi connectivity index (χ4n) is 2.68. The van der Waals surface area contributed by atoms with Crippen LogP contribution in [0, 0.1) is 0 Å². The number of hydrogen-bond donors (Lipinski definition) is 0. The molecule has 0 aliphatic carbocycles. The third kappa shape index (κ3) is 35.2. The summed E-state index contributed by atoms with van der Waals surface area (Å²) >= 11 is 0. The maximum Gasteiger partial charge on any atom is 0 e. The Morgan fingerprint density at radius 2 is 0.310 bits per heavy atom. The molecule has 0 N–H and O–H groups in total. The van der Waals surface area contributed by atoms with Crippen molar-refractivity contribution in [3.05, 3.63) is 0 Å². The Kier molecular flexibility index (Phi) is 54.1. The van der Waals surface area contributed by atoms with Gasteiger partial charge in [-0.2, -0.15) is 0 Å². The summed E-state index contributed by atoms with van der Waals surface area (Å²) in [4.78, 5) is 0. The van der Waals surface area contributed by atoms with Crippen molar-refractivity contribution in [3.8, 4) is 0 Å². The maximum atomic E-state index is 2.29. The van der Waals surface area contributed by atoms with Crippen molar-refractivity contribution in [3.63, 3.8) is 0 Å². The van der Waals surface area contributed by atoms with E-state index < -0.39 is 0 Å². The van der Waals surface area contributed by atoms with Gasteiger partial charge in [-0.1, -0.05) is 83.1 Å². The van der Waals surface area contributed by atoms with Crippen LogP contribution >= 0.6 is 31.7 Å². The number of hydrogen-bond acceptors (Lipinski definition) is 0. The molecule has 0 saturated carbocycles. The zero-order chi connectivity index (χ0) is 22.8. The van der Waals surface area contributed by atoms with Gasteiger partial charge in [0, 0.05) is 20.4 Å². The first kappa shape index (κ1) is 41.6. The van der Waals surface area contributed by atoms with Crippen LogP contribution in [-0.4, -0.2) is 73.9 Å². The second kappa shape index (κ2) is 37.7. The van der Waals surface area contributed by atoms with Gasteiger partial charge in [0.1, 0.15) is 0 Å². The molecule has 0 spiro atoms. The molecule has 0 bridgehead atoms. The van der Waals surface area contributed by atoms with Crippen LogP contribution in [0.2, 0.25) is 0 Å². The summed E-state index contributed by atoms with van der Waals surface area (Å²) in [5.74, 6) is 0. The van der Waals surface area contributed by atoms with Gasteiger partial charge in [0.05, 0.1) is 0 Å². The van der Waals surface area contributed by atoms with E-state index >= 15 is 0 Å². The minimum absolute atomic E-state index is 0. The average molecular weight is 579 g/mol. The van der Waals surface area contributed by atoms with E-state index in [0.717, 1.165) is 0 Å². The maximum absolute atomic E-state index is 2.29. The summed E-state index contributed by atoms with van der Waals surface area (Å²) in [6, 6.07) is 0. The zero-order valence-corrected chi connectivity index (χ0v) is 27.7. The van der Waals surface area contributed by atoms with E-state index in [0.29, 0.717) is 31.7 Å². The van der Waals surface area contributed by atoms with Crippen LogP contribution in [0.25, 0.3) is 0 Å². The summed E-state index contributed by atoms with van der Waals surface area (Å²) < 4.78 is 0. The Bertz CT molecular complexity index is 157. The molecule has 0 fully saturated rings. The Balaban J connectivity index is -0.0000000873. The standard InChI is InChI=1S/4C6H15P.Pd/c4*1-4-7(5-2)6-3;/h4*4-6H2,1-3H3;. The molecule has 0 saturated heterocycles. The van der Waals surface area contributed by atoms with Crippen LogP contribution in [0.3, 0.4) is 0 Å². The second-order valence-electron chi connectivity index (χ2n) is 6.48. The molecule has 0 radical (unpaired) electrons. The molecule has 0 amide bonds. The van der Waals surface area contributed by atoms with Crippen molar-refractivity contribution in [1.29, 1.82) is 0 Å². The molecule has 0 unspecified atom stereocenters. The van der Waals surface area contributed by atoms with Gasteiger partial charge in [0.25, 0.3) is 0 Å². The Hall–Kier alpha value is 2.38. The first-order valence-corrected chi connectivity index (χ1v) is 19.9. The van der Waals surface area contributed by atoms with Crippen LogP contribution in [0.15, 0.2) is 0 Å². The topological polar surface area (TPSA) is 0 Å². The SMILES string of the molecule is CCP(CC)CC.CCP(CC)CC.CCP(CC)CC.CCP(CC)CC.[Pd]. The van der Waals surface area contributed by atoms with E-state index in [1.54, 1.807) is 0 Å². The third-order valence-corrected chi connectivity index (χ3v) is 16.1. The Morgan fingerprint density at radius 1 is 0.241 bits per heavy atom. The van der Waals surface area contributed by atoms with Crippen molar-refractivity contribution in [2.75, 3.05) is 73.9 Å². The predicted octanol–water partition coefficient (Wildman–Crippen LogP) is 10.1. The average Bonchev–Trinajstić information content (AvgIpc) is 2.75. The summed E-state index contributed by atoms with van der Waals surface area (Å²) in [6.07, 6.45) is 17.0. The van der Waals surface area contributed by atoms with Gasteiger partial charge in [-0.25, -0.2) is 0 Å². The fraction of sp³-hybridized carbons (Fsp3) is 1.00. The van der Waals surface area contributed by atoms with E-state index in [-0.39, 0.29) is 20.4 Å². The molecule has 0 rings (SSSR count). The molecule has 0 aliphatic rings. The molecule has 0 aliphatic heterocycles. The van der Waals surface area contributed by atoms with Crippen LogP contribution in [-0.2, 0) is 20.4 Å². The minimum atomic E-state index is 0. The molecule has 0 aromatic heterocycles. The van der Waals surface area contributed by atoms with Gasteiger partial charge in [0.15, 0.2) is 0 Å².